The first-order valence-electron chi connectivity index (χ1n) is 13.5. The van der Waals surface area contributed by atoms with Crippen molar-refractivity contribution >= 4 is 17.2 Å². The van der Waals surface area contributed by atoms with E-state index in [-0.39, 0.29) is 0 Å². The van der Waals surface area contributed by atoms with E-state index in [1.54, 1.807) is 19.5 Å². The summed E-state index contributed by atoms with van der Waals surface area (Å²) in [5, 5.41) is 3.45. The third kappa shape index (κ3) is 5.97. The summed E-state index contributed by atoms with van der Waals surface area (Å²) in [7, 11) is 1.62. The van der Waals surface area contributed by atoms with Gasteiger partial charge in [-0.05, 0) is 47.8 Å². The van der Waals surface area contributed by atoms with Crippen molar-refractivity contribution in [2.45, 2.75) is 51.1 Å². The number of H-pyrrole nitrogens is 1. The number of nitrogens with zero attached hydrogens (tertiary/aromatic N) is 5. The van der Waals surface area contributed by atoms with Crippen molar-refractivity contribution in [3.05, 3.63) is 107 Å². The van der Waals surface area contributed by atoms with Gasteiger partial charge in [0.15, 0.2) is 0 Å². The molecule has 1 aliphatic carbocycles. The summed E-state index contributed by atoms with van der Waals surface area (Å²) < 4.78 is 5.30. The van der Waals surface area contributed by atoms with E-state index in [1.807, 2.05) is 24.4 Å². The second-order valence-electron chi connectivity index (χ2n) is 10.0. The van der Waals surface area contributed by atoms with Crippen LogP contribution in [0.5, 0.6) is 5.88 Å². The van der Waals surface area contributed by atoms with Crippen LogP contribution in [0, 0.1) is 0 Å². The Morgan fingerprint density at radius 2 is 1.82 bits per heavy atom. The van der Waals surface area contributed by atoms with Gasteiger partial charge in [-0.2, -0.15) is 0 Å². The first-order chi connectivity index (χ1) is 19.2. The molecule has 39 heavy (non-hydrogen) atoms. The highest BCUT2D eigenvalue weighted by atomic mass is 16.5. The van der Waals surface area contributed by atoms with Gasteiger partial charge in [-0.15, -0.1) is 0 Å². The molecule has 2 N–H and O–H groups in total. The highest BCUT2D eigenvalue weighted by Crippen LogP contribution is 2.29. The summed E-state index contributed by atoms with van der Waals surface area (Å²) in [4.78, 5) is 24.2. The van der Waals surface area contributed by atoms with Crippen molar-refractivity contribution in [2.75, 3.05) is 7.11 Å². The maximum Gasteiger partial charge on any atom is 0.236 e. The lowest BCUT2D eigenvalue weighted by molar-refractivity contribution is 0.188. The fraction of sp³-hybridized carbons (Fsp3) is 0.290. The van der Waals surface area contributed by atoms with Crippen molar-refractivity contribution in [1.82, 2.24) is 30.2 Å². The molecule has 198 valence electrons. The molecule has 2 unspecified atom stereocenters. The monoisotopic (exact) mass is 519 g/mol. The second-order valence-corrected chi connectivity index (χ2v) is 10.0. The largest absolute Gasteiger partial charge is 0.480 e. The van der Waals surface area contributed by atoms with Gasteiger partial charge in [0.05, 0.1) is 30.7 Å². The number of methoxy groups -OCH3 is 1. The summed E-state index contributed by atoms with van der Waals surface area (Å²) >= 11 is 0. The number of aliphatic imine (C=N–C) groups is 1. The number of fused-ring (bicyclic) bond motifs is 2. The lowest BCUT2D eigenvalue weighted by Crippen LogP contribution is -2.37. The molecule has 2 aliphatic rings. The highest BCUT2D eigenvalue weighted by Gasteiger charge is 2.27. The number of aromatic nitrogens is 4. The Labute approximate surface area is 228 Å². The molecule has 0 radical (unpaired) electrons. The summed E-state index contributed by atoms with van der Waals surface area (Å²) in [6.07, 6.45) is 14.1. The molecule has 2 aromatic carbocycles. The van der Waals surface area contributed by atoms with Gasteiger partial charge >= 0.3 is 0 Å². The summed E-state index contributed by atoms with van der Waals surface area (Å²) in [6.45, 7) is 2.93. The van der Waals surface area contributed by atoms with Crippen LogP contribution in [0.25, 0.3) is 11.0 Å². The Hall–Kier alpha value is -4.14. The lowest BCUT2D eigenvalue weighted by atomic mass is 9.89. The molecule has 8 nitrogen and oxygen atoms in total. The molecule has 0 fully saturated rings. The molecular formula is C31H33N7O. The number of rotatable bonds is 10. The van der Waals surface area contributed by atoms with Crippen LogP contribution in [-0.2, 0) is 26.2 Å². The summed E-state index contributed by atoms with van der Waals surface area (Å²) in [6, 6.07) is 17.7. The van der Waals surface area contributed by atoms with Crippen molar-refractivity contribution in [3.8, 4) is 5.88 Å². The number of hydrogen-bond acceptors (Lipinski definition) is 7. The average molecular weight is 520 g/mol. The Morgan fingerprint density at radius 1 is 0.974 bits per heavy atom. The Bertz CT molecular complexity index is 1470. The topological polar surface area (TPSA) is 91.3 Å². The van der Waals surface area contributed by atoms with Gasteiger partial charge < -0.3 is 15.0 Å². The molecule has 0 bridgehead atoms. The van der Waals surface area contributed by atoms with Gasteiger partial charge in [-0.3, -0.25) is 14.9 Å². The van der Waals surface area contributed by atoms with Crippen LogP contribution in [-0.4, -0.2) is 50.2 Å². The summed E-state index contributed by atoms with van der Waals surface area (Å²) in [5.74, 6) is 1.55. The number of allylic oxidation sites excluding steroid dienone is 1. The molecule has 4 aromatic rings. The van der Waals surface area contributed by atoms with Gasteiger partial charge in [-0.25, -0.2) is 9.97 Å². The zero-order valence-electron chi connectivity index (χ0n) is 22.1. The van der Waals surface area contributed by atoms with Crippen LogP contribution in [0.1, 0.15) is 35.5 Å². The van der Waals surface area contributed by atoms with Crippen LogP contribution in [0.2, 0.25) is 0 Å². The standard InChI is InChI=1S/C31H33N7O/c1-39-31-29(34-15-16-35-31)19-32-18-22-8-10-23(11-9-22)20-38(21-30-36-27-6-2-3-7-28(27)37-30)25-12-13-26-24(17-25)5-4-14-33-26/h2-11,14-17,25-26,32H,12-13,18-21H2,1H3,(H,36,37). The summed E-state index contributed by atoms with van der Waals surface area (Å²) in [5.41, 5.74) is 6.72. The van der Waals surface area contributed by atoms with E-state index in [2.05, 4.69) is 78.7 Å². The van der Waals surface area contributed by atoms with Gasteiger partial charge in [0.25, 0.3) is 0 Å². The van der Waals surface area contributed by atoms with Gasteiger partial charge in [0, 0.05) is 44.3 Å². The predicted molar refractivity (Wildman–Crippen MR) is 153 cm³/mol. The molecule has 2 atom stereocenters. The molecule has 0 saturated heterocycles. The minimum Gasteiger partial charge on any atom is -0.480 e. The normalized spacial score (nSPS) is 18.4. The molecule has 0 amide bonds. The molecule has 0 spiro atoms. The van der Waals surface area contributed by atoms with Gasteiger partial charge in [0.2, 0.25) is 5.88 Å². The molecule has 3 heterocycles. The van der Waals surface area contributed by atoms with Crippen LogP contribution >= 0.6 is 0 Å². The molecule has 1 aliphatic heterocycles. The minimum absolute atomic E-state index is 0.299. The third-order valence-corrected chi connectivity index (χ3v) is 7.37. The van der Waals surface area contributed by atoms with Crippen LogP contribution in [0.3, 0.4) is 0 Å². The van der Waals surface area contributed by atoms with Gasteiger partial charge in [0.1, 0.15) is 11.5 Å². The zero-order chi connectivity index (χ0) is 26.4. The number of hydrogen-bond donors (Lipinski definition) is 2. The van der Waals surface area contributed by atoms with Crippen LogP contribution in [0.15, 0.2) is 89.7 Å². The quantitative estimate of drug-likeness (QED) is 0.314. The van der Waals surface area contributed by atoms with Crippen molar-refractivity contribution in [1.29, 1.82) is 0 Å². The minimum atomic E-state index is 0.299. The molecular weight excluding hydrogens is 486 g/mol. The van der Waals surface area contributed by atoms with E-state index < -0.39 is 0 Å². The van der Waals surface area contributed by atoms with E-state index in [1.165, 1.54) is 16.7 Å². The maximum absolute atomic E-state index is 5.30. The second kappa shape index (κ2) is 11.7. The number of nitrogens with one attached hydrogen (secondary N) is 2. The number of ether oxygens (including phenoxy) is 1. The van der Waals surface area contributed by atoms with Crippen molar-refractivity contribution in [2.24, 2.45) is 4.99 Å². The van der Waals surface area contributed by atoms with E-state index >= 15 is 0 Å². The van der Waals surface area contributed by atoms with E-state index in [0.29, 0.717) is 24.5 Å². The smallest absolute Gasteiger partial charge is 0.236 e. The van der Waals surface area contributed by atoms with Crippen LogP contribution < -0.4 is 10.1 Å². The third-order valence-electron chi connectivity index (χ3n) is 7.37. The van der Waals surface area contributed by atoms with Crippen LogP contribution in [0.4, 0.5) is 0 Å². The molecule has 8 heteroatoms. The van der Waals surface area contributed by atoms with E-state index in [0.717, 1.165) is 55.0 Å². The number of dihydropyridines is 1. The Kier molecular flexibility index (Phi) is 7.56. The molecule has 0 saturated carbocycles. The first kappa shape index (κ1) is 25.2. The van der Waals surface area contributed by atoms with E-state index in [9.17, 15) is 0 Å². The Morgan fingerprint density at radius 3 is 2.69 bits per heavy atom. The number of imidazole rings is 1. The highest BCUT2D eigenvalue weighted by molar-refractivity contribution is 5.75. The predicted octanol–water partition coefficient (Wildman–Crippen LogP) is 4.75. The fourth-order valence-corrected chi connectivity index (χ4v) is 5.37. The van der Waals surface area contributed by atoms with E-state index in [4.69, 9.17) is 9.72 Å². The number of aromatic amines is 1. The van der Waals surface area contributed by atoms with Crippen molar-refractivity contribution in [3.63, 3.8) is 0 Å². The fourth-order valence-electron chi connectivity index (χ4n) is 5.37. The average Bonchev–Trinajstić information content (AvgIpc) is 3.40. The Balaban J connectivity index is 1.15. The lowest BCUT2D eigenvalue weighted by Gasteiger charge is -2.34. The zero-order valence-corrected chi connectivity index (χ0v) is 22.1. The molecule has 2 aromatic heterocycles. The maximum atomic E-state index is 5.30. The number of para-hydroxylation sites is 2. The molecule has 6 rings (SSSR count). The van der Waals surface area contributed by atoms with Gasteiger partial charge in [-0.1, -0.05) is 48.6 Å². The first-order valence-corrected chi connectivity index (χ1v) is 13.5. The number of benzene rings is 2. The van der Waals surface area contributed by atoms with Crippen molar-refractivity contribution < 1.29 is 4.74 Å². The SMILES string of the molecule is COc1nccnc1CNCc1ccc(CN(Cc2nc3ccccc3[nH]2)C2C=C3C=CC=NC3CC2)cc1.